The number of nitrogens with one attached hydrogen (secondary N) is 1. The Labute approximate surface area is 105 Å². The summed E-state index contributed by atoms with van der Waals surface area (Å²) in [4.78, 5) is 0. The second kappa shape index (κ2) is 6.01. The van der Waals surface area contributed by atoms with Gasteiger partial charge in [0, 0.05) is 17.3 Å². The Morgan fingerprint density at radius 3 is 2.47 bits per heavy atom. The summed E-state index contributed by atoms with van der Waals surface area (Å²) >= 11 is 7.50. The normalized spacial score (nSPS) is 9.40. The molecule has 4 heteroatoms. The van der Waals surface area contributed by atoms with E-state index in [9.17, 15) is 0 Å². The Morgan fingerprint density at radius 2 is 1.87 bits per heavy atom. The van der Waals surface area contributed by atoms with Gasteiger partial charge in [0.1, 0.15) is 0 Å². The average Bonchev–Trinajstić information content (AvgIpc) is 2.70. The molecule has 15 heavy (non-hydrogen) atoms. The van der Waals surface area contributed by atoms with Crippen LogP contribution in [0.5, 0.6) is 0 Å². The van der Waals surface area contributed by atoms with Gasteiger partial charge in [-0.3, -0.25) is 0 Å². The van der Waals surface area contributed by atoms with E-state index in [-0.39, 0.29) is 12.4 Å². The van der Waals surface area contributed by atoms with Gasteiger partial charge in [0.2, 0.25) is 0 Å². The summed E-state index contributed by atoms with van der Waals surface area (Å²) in [5.41, 5.74) is 2.41. The molecule has 0 bridgehead atoms. The summed E-state index contributed by atoms with van der Waals surface area (Å²) < 4.78 is 0. The Bertz CT molecular complexity index is 383. The van der Waals surface area contributed by atoms with Crippen molar-refractivity contribution in [3.8, 4) is 0 Å². The average molecular weight is 260 g/mol. The largest absolute Gasteiger partial charge is 0.381 e. The third-order valence-electron chi connectivity index (χ3n) is 1.92. The van der Waals surface area contributed by atoms with Crippen molar-refractivity contribution in [3.05, 3.63) is 51.7 Å². The van der Waals surface area contributed by atoms with Crippen molar-refractivity contribution in [1.82, 2.24) is 0 Å². The minimum Gasteiger partial charge on any atom is -0.381 e. The quantitative estimate of drug-likeness (QED) is 0.860. The number of thiophene rings is 1. The van der Waals surface area contributed by atoms with Crippen molar-refractivity contribution in [1.29, 1.82) is 0 Å². The molecule has 0 amide bonds. The van der Waals surface area contributed by atoms with E-state index in [0.29, 0.717) is 0 Å². The van der Waals surface area contributed by atoms with Gasteiger partial charge in [0.05, 0.1) is 0 Å². The summed E-state index contributed by atoms with van der Waals surface area (Å²) in [6.07, 6.45) is 0. The molecule has 1 N–H and O–H groups in total. The van der Waals surface area contributed by atoms with E-state index in [4.69, 9.17) is 11.6 Å². The molecule has 0 spiro atoms. The van der Waals surface area contributed by atoms with E-state index >= 15 is 0 Å². The maximum Gasteiger partial charge on any atom is 0.0409 e. The van der Waals surface area contributed by atoms with Gasteiger partial charge in [-0.15, -0.1) is 12.4 Å². The van der Waals surface area contributed by atoms with Crippen molar-refractivity contribution < 1.29 is 0 Å². The lowest BCUT2D eigenvalue weighted by Crippen LogP contribution is -1.97. The van der Waals surface area contributed by atoms with Crippen LogP contribution in [0.15, 0.2) is 41.1 Å². The molecule has 0 radical (unpaired) electrons. The Morgan fingerprint density at radius 1 is 1.13 bits per heavy atom. The molecule has 1 aromatic carbocycles. The summed E-state index contributed by atoms with van der Waals surface area (Å²) in [6.45, 7) is 0.866. The monoisotopic (exact) mass is 259 g/mol. The van der Waals surface area contributed by atoms with Gasteiger partial charge in [-0.1, -0.05) is 11.6 Å². The van der Waals surface area contributed by atoms with E-state index in [1.807, 2.05) is 24.3 Å². The molecule has 1 aromatic heterocycles. The molecule has 0 aliphatic rings. The first-order valence-corrected chi connectivity index (χ1v) is 5.67. The van der Waals surface area contributed by atoms with E-state index in [1.165, 1.54) is 5.56 Å². The van der Waals surface area contributed by atoms with Crippen LogP contribution in [-0.2, 0) is 6.54 Å². The summed E-state index contributed by atoms with van der Waals surface area (Å²) in [5, 5.41) is 8.32. The Balaban J connectivity index is 0.00000112. The van der Waals surface area contributed by atoms with Crippen molar-refractivity contribution in [2.75, 3.05) is 5.32 Å². The molecule has 0 unspecified atom stereocenters. The predicted octanol–water partition coefficient (Wildman–Crippen LogP) is 4.44. The molecule has 0 saturated carbocycles. The maximum absolute atomic E-state index is 5.79. The molecule has 0 aliphatic heterocycles. The van der Waals surface area contributed by atoms with E-state index < -0.39 is 0 Å². The second-order valence-corrected chi connectivity index (χ2v) is 4.21. The van der Waals surface area contributed by atoms with Gasteiger partial charge in [-0.2, -0.15) is 11.3 Å². The van der Waals surface area contributed by atoms with Crippen molar-refractivity contribution in [2.45, 2.75) is 6.54 Å². The lowest BCUT2D eigenvalue weighted by Gasteiger charge is -2.04. The van der Waals surface area contributed by atoms with Crippen molar-refractivity contribution in [3.63, 3.8) is 0 Å². The molecule has 0 aliphatic carbocycles. The third-order valence-corrected chi connectivity index (χ3v) is 2.90. The zero-order valence-corrected chi connectivity index (χ0v) is 10.3. The third kappa shape index (κ3) is 3.74. The molecule has 80 valence electrons. The molecular formula is C11H11Cl2NS. The number of halogens is 2. The van der Waals surface area contributed by atoms with Crippen LogP contribution >= 0.6 is 35.3 Å². The zero-order valence-electron chi connectivity index (χ0n) is 7.94. The molecule has 2 rings (SSSR count). The minimum absolute atomic E-state index is 0. The van der Waals surface area contributed by atoms with Gasteiger partial charge in [0.15, 0.2) is 0 Å². The fraction of sp³-hybridized carbons (Fsp3) is 0.0909. The van der Waals surface area contributed by atoms with E-state index in [2.05, 4.69) is 22.1 Å². The number of hydrogen-bond donors (Lipinski definition) is 1. The standard InChI is InChI=1S/C11H10ClNS.ClH/c12-10-1-3-11(4-2-10)13-7-9-5-6-14-8-9;/h1-6,8,13H,7H2;1H. The fourth-order valence-corrected chi connectivity index (χ4v) is 1.96. The van der Waals surface area contributed by atoms with Crippen molar-refractivity contribution in [2.24, 2.45) is 0 Å². The number of hydrogen-bond acceptors (Lipinski definition) is 2. The molecular weight excluding hydrogens is 249 g/mol. The Kier molecular flexibility index (Phi) is 4.95. The first-order valence-electron chi connectivity index (χ1n) is 4.35. The van der Waals surface area contributed by atoms with Crippen LogP contribution < -0.4 is 5.32 Å². The highest BCUT2D eigenvalue weighted by molar-refractivity contribution is 7.07. The maximum atomic E-state index is 5.79. The van der Waals surface area contributed by atoms with Gasteiger partial charge < -0.3 is 5.32 Å². The number of rotatable bonds is 3. The number of anilines is 1. The molecule has 0 saturated heterocycles. The van der Waals surface area contributed by atoms with Crippen molar-refractivity contribution >= 4 is 41.0 Å². The van der Waals surface area contributed by atoms with E-state index in [0.717, 1.165) is 17.3 Å². The van der Waals surface area contributed by atoms with E-state index in [1.54, 1.807) is 11.3 Å². The highest BCUT2D eigenvalue weighted by Gasteiger charge is 1.93. The van der Waals surface area contributed by atoms with Gasteiger partial charge in [-0.05, 0) is 46.7 Å². The highest BCUT2D eigenvalue weighted by atomic mass is 35.5. The zero-order chi connectivity index (χ0) is 9.80. The molecule has 0 fully saturated rings. The SMILES string of the molecule is Cl.Clc1ccc(NCc2ccsc2)cc1. The summed E-state index contributed by atoms with van der Waals surface area (Å²) in [7, 11) is 0. The molecule has 2 aromatic rings. The molecule has 0 atom stereocenters. The van der Waals surface area contributed by atoms with Gasteiger partial charge >= 0.3 is 0 Å². The fourth-order valence-electron chi connectivity index (χ4n) is 1.17. The predicted molar refractivity (Wildman–Crippen MR) is 70.3 cm³/mol. The van der Waals surface area contributed by atoms with Crippen LogP contribution in [0.1, 0.15) is 5.56 Å². The smallest absolute Gasteiger partial charge is 0.0409 e. The van der Waals surface area contributed by atoms with Crippen LogP contribution in [0.3, 0.4) is 0 Å². The van der Waals surface area contributed by atoms with Crippen LogP contribution in [-0.4, -0.2) is 0 Å². The topological polar surface area (TPSA) is 12.0 Å². The van der Waals surface area contributed by atoms with Crippen LogP contribution in [0, 0.1) is 0 Å². The minimum atomic E-state index is 0. The van der Waals surface area contributed by atoms with Gasteiger partial charge in [0.25, 0.3) is 0 Å². The highest BCUT2D eigenvalue weighted by Crippen LogP contribution is 2.15. The first kappa shape index (κ1) is 12.4. The summed E-state index contributed by atoms with van der Waals surface area (Å²) in [5.74, 6) is 0. The summed E-state index contributed by atoms with van der Waals surface area (Å²) in [6, 6.07) is 9.85. The lowest BCUT2D eigenvalue weighted by atomic mass is 10.3. The van der Waals surface area contributed by atoms with Gasteiger partial charge in [-0.25, -0.2) is 0 Å². The number of benzene rings is 1. The lowest BCUT2D eigenvalue weighted by molar-refractivity contribution is 1.16. The van der Waals surface area contributed by atoms with Crippen LogP contribution in [0.4, 0.5) is 5.69 Å². The second-order valence-electron chi connectivity index (χ2n) is 2.99. The molecule has 1 nitrogen and oxygen atoms in total. The first-order chi connectivity index (χ1) is 6.84. The Hall–Kier alpha value is -0.700. The van der Waals surface area contributed by atoms with Crippen LogP contribution in [0.2, 0.25) is 5.02 Å². The molecule has 1 heterocycles. The van der Waals surface area contributed by atoms with Crippen LogP contribution in [0.25, 0.3) is 0 Å².